The van der Waals surface area contributed by atoms with Gasteiger partial charge < -0.3 is 24.9 Å². The van der Waals surface area contributed by atoms with E-state index in [1.807, 2.05) is 17.0 Å². The molecule has 3 fully saturated rings. The summed E-state index contributed by atoms with van der Waals surface area (Å²) < 4.78 is 5.58. The molecule has 46 heavy (non-hydrogen) atoms. The van der Waals surface area contributed by atoms with E-state index < -0.39 is 0 Å². The number of oxazole rings is 1. The summed E-state index contributed by atoms with van der Waals surface area (Å²) in [5.41, 5.74) is 5.07. The van der Waals surface area contributed by atoms with Crippen molar-refractivity contribution < 1.29 is 18.8 Å². The van der Waals surface area contributed by atoms with Gasteiger partial charge in [-0.15, -0.1) is 0 Å². The van der Waals surface area contributed by atoms with Crippen LogP contribution in [0.4, 0.5) is 11.4 Å². The number of carbonyl (C=O) groups is 3. The van der Waals surface area contributed by atoms with Crippen molar-refractivity contribution in [1.82, 2.24) is 15.2 Å². The largest absolute Gasteiger partial charge is 0.448 e. The molecule has 0 radical (unpaired) electrons. The molecule has 0 bridgehead atoms. The number of anilines is 2. The Balaban J connectivity index is 1.14. The van der Waals surface area contributed by atoms with Gasteiger partial charge >= 0.3 is 0 Å². The first-order valence-electron chi connectivity index (χ1n) is 17.2. The predicted octanol–water partition coefficient (Wildman–Crippen LogP) is 6.77. The van der Waals surface area contributed by atoms with Crippen LogP contribution < -0.4 is 15.5 Å². The molecule has 6 rings (SSSR count). The third-order valence-corrected chi connectivity index (χ3v) is 9.66. The highest BCUT2D eigenvalue weighted by Crippen LogP contribution is 2.39. The van der Waals surface area contributed by atoms with E-state index >= 15 is 0 Å². The Hall–Kier alpha value is -4.14. The lowest BCUT2D eigenvalue weighted by molar-refractivity contribution is -0.127. The molecule has 2 N–H and O–H groups in total. The number of amides is 3. The van der Waals surface area contributed by atoms with E-state index in [1.54, 1.807) is 6.07 Å². The van der Waals surface area contributed by atoms with Crippen molar-refractivity contribution >= 4 is 29.1 Å². The summed E-state index contributed by atoms with van der Waals surface area (Å²) in [5, 5.41) is 6.06. The van der Waals surface area contributed by atoms with E-state index in [4.69, 9.17) is 4.42 Å². The quantitative estimate of drug-likeness (QED) is 0.267. The zero-order valence-electron chi connectivity index (χ0n) is 27.1. The highest BCUT2D eigenvalue weighted by molar-refractivity contribution is 6.06. The van der Waals surface area contributed by atoms with Crippen molar-refractivity contribution in [2.75, 3.05) is 42.9 Å². The second-order valence-electron chi connectivity index (χ2n) is 13.2. The first-order valence-corrected chi connectivity index (χ1v) is 17.2. The van der Waals surface area contributed by atoms with E-state index in [0.29, 0.717) is 54.9 Å². The number of allylic oxidation sites excluding steroid dienone is 6. The average molecular weight is 626 g/mol. The zero-order valence-corrected chi connectivity index (χ0v) is 27.1. The predicted molar refractivity (Wildman–Crippen MR) is 180 cm³/mol. The van der Waals surface area contributed by atoms with E-state index in [9.17, 15) is 14.4 Å². The van der Waals surface area contributed by atoms with E-state index in [0.717, 1.165) is 83.1 Å². The zero-order chi connectivity index (χ0) is 31.9. The van der Waals surface area contributed by atoms with Gasteiger partial charge in [0.2, 0.25) is 5.91 Å². The fraction of sp³-hybridized carbons (Fsp3) is 0.514. The smallest absolute Gasteiger partial charge is 0.277 e. The summed E-state index contributed by atoms with van der Waals surface area (Å²) >= 11 is 0. The minimum atomic E-state index is -0.343. The van der Waals surface area contributed by atoms with E-state index in [1.165, 1.54) is 17.4 Å². The Morgan fingerprint density at radius 2 is 1.93 bits per heavy atom. The lowest BCUT2D eigenvalue weighted by atomic mass is 9.88. The number of aromatic nitrogens is 1. The number of rotatable bonds is 11. The van der Waals surface area contributed by atoms with Crippen molar-refractivity contribution in [3.8, 4) is 0 Å². The summed E-state index contributed by atoms with van der Waals surface area (Å²) in [6.07, 6.45) is 21.3. The van der Waals surface area contributed by atoms with Gasteiger partial charge in [0.25, 0.3) is 11.8 Å². The number of carbonyl (C=O) groups excluding carboxylic acids is 3. The molecule has 3 heterocycles. The van der Waals surface area contributed by atoms with Crippen LogP contribution in [0.3, 0.4) is 0 Å². The van der Waals surface area contributed by atoms with Gasteiger partial charge in [0.1, 0.15) is 6.26 Å². The van der Waals surface area contributed by atoms with Crippen LogP contribution in [0, 0.1) is 5.92 Å². The van der Waals surface area contributed by atoms with Gasteiger partial charge in [0.15, 0.2) is 11.6 Å². The van der Waals surface area contributed by atoms with Gasteiger partial charge in [-0.05, 0) is 106 Å². The summed E-state index contributed by atoms with van der Waals surface area (Å²) in [5.74, 6) is 1.18. The fourth-order valence-electron chi connectivity index (χ4n) is 6.76. The third-order valence-electron chi connectivity index (χ3n) is 9.66. The van der Waals surface area contributed by atoms with Crippen molar-refractivity contribution in [1.29, 1.82) is 0 Å². The molecule has 1 unspecified atom stereocenters. The maximum Gasteiger partial charge on any atom is 0.277 e. The third kappa shape index (κ3) is 8.17. The fourth-order valence-corrected chi connectivity index (χ4v) is 6.76. The number of hydrogen-bond acceptors (Lipinski definition) is 6. The molecular formula is C37H47N5O4. The Labute approximate surface area is 272 Å². The van der Waals surface area contributed by atoms with Crippen LogP contribution in [0.1, 0.15) is 110 Å². The molecule has 1 aromatic carbocycles. The van der Waals surface area contributed by atoms with Gasteiger partial charge in [0, 0.05) is 50.6 Å². The van der Waals surface area contributed by atoms with Crippen molar-refractivity contribution in [2.45, 2.75) is 83.5 Å². The monoisotopic (exact) mass is 625 g/mol. The molecule has 2 aliphatic carbocycles. The summed E-state index contributed by atoms with van der Waals surface area (Å²) in [6, 6.07) is 5.58. The molecule has 2 saturated heterocycles. The van der Waals surface area contributed by atoms with Crippen LogP contribution in [0.2, 0.25) is 0 Å². The number of benzene rings is 1. The standard InChI is InChI=1S/C37H47N5O4/c1-26-9-4-2-3-5-11-29(26)23-27-10-6-19-41(22-17-27)33-16-15-30(35(44)38-18-8-21-42-20-7-12-34(42)43)24-31(33)39-36(45)32-25-46-37(40-32)28-13-14-28/h2,4,9,11,15-16,24-25,27-28H,3,5-8,10,12-14,17-23H2,1H3,(H,38,44)(H,39,45). The molecule has 1 saturated carbocycles. The summed E-state index contributed by atoms with van der Waals surface area (Å²) in [7, 11) is 0. The van der Waals surface area contributed by atoms with Crippen LogP contribution in [0.25, 0.3) is 0 Å². The summed E-state index contributed by atoms with van der Waals surface area (Å²) in [6.45, 7) is 5.90. The number of nitrogens with zero attached hydrogens (tertiary/aromatic N) is 3. The molecule has 9 nitrogen and oxygen atoms in total. The normalized spacial score (nSPS) is 20.5. The van der Waals surface area contributed by atoms with Gasteiger partial charge in [-0.1, -0.05) is 24.3 Å². The molecule has 1 atom stereocenters. The Morgan fingerprint density at radius 1 is 1.04 bits per heavy atom. The number of hydrogen-bond donors (Lipinski definition) is 2. The Morgan fingerprint density at radius 3 is 2.76 bits per heavy atom. The van der Waals surface area contributed by atoms with Crippen LogP contribution in [-0.4, -0.2) is 60.3 Å². The van der Waals surface area contributed by atoms with Gasteiger partial charge in [-0.3, -0.25) is 14.4 Å². The maximum absolute atomic E-state index is 13.4. The van der Waals surface area contributed by atoms with Crippen molar-refractivity contribution in [2.24, 2.45) is 5.92 Å². The molecule has 0 spiro atoms. The van der Waals surface area contributed by atoms with Gasteiger partial charge in [-0.25, -0.2) is 4.98 Å². The average Bonchev–Trinajstić information content (AvgIpc) is 3.71. The SMILES string of the molecule is CC1=CC=CCCC=C1CC1CCCN(c2ccc(C(=O)NCCCN3CCCC3=O)cc2NC(=O)c2coc(C3CC3)n2)CC1. The van der Waals surface area contributed by atoms with Gasteiger partial charge in [-0.2, -0.15) is 0 Å². The molecule has 2 aromatic rings. The Bertz CT molecular complexity index is 1520. The second kappa shape index (κ2) is 15.0. The second-order valence-corrected chi connectivity index (χ2v) is 13.2. The van der Waals surface area contributed by atoms with Crippen LogP contribution in [-0.2, 0) is 4.79 Å². The van der Waals surface area contributed by atoms with Gasteiger partial charge in [0.05, 0.1) is 11.4 Å². The molecule has 244 valence electrons. The summed E-state index contributed by atoms with van der Waals surface area (Å²) in [4.78, 5) is 47.1. The van der Waals surface area contributed by atoms with Crippen molar-refractivity contribution in [3.63, 3.8) is 0 Å². The maximum atomic E-state index is 13.4. The highest BCUT2D eigenvalue weighted by atomic mass is 16.3. The van der Waals surface area contributed by atoms with Crippen LogP contribution in [0.15, 0.2) is 64.3 Å². The molecule has 1 aromatic heterocycles. The lowest BCUT2D eigenvalue weighted by Crippen LogP contribution is -2.31. The highest BCUT2D eigenvalue weighted by Gasteiger charge is 2.30. The Kier molecular flexibility index (Phi) is 10.4. The first-order chi connectivity index (χ1) is 22.4. The van der Waals surface area contributed by atoms with E-state index in [-0.39, 0.29) is 23.4 Å². The lowest BCUT2D eigenvalue weighted by Gasteiger charge is -2.26. The number of nitrogens with one attached hydrogen (secondary N) is 2. The molecule has 4 aliphatic rings. The molecule has 3 amide bonds. The minimum absolute atomic E-state index is 0.194. The van der Waals surface area contributed by atoms with Crippen molar-refractivity contribution in [3.05, 3.63) is 77.1 Å². The van der Waals surface area contributed by atoms with E-state index in [2.05, 4.69) is 51.7 Å². The molecular weight excluding hydrogens is 578 g/mol. The van der Waals surface area contributed by atoms with Crippen LogP contribution in [0.5, 0.6) is 0 Å². The molecule has 2 aliphatic heterocycles. The molecule has 9 heteroatoms. The minimum Gasteiger partial charge on any atom is -0.448 e. The first kappa shape index (κ1) is 31.8. The van der Waals surface area contributed by atoms with Crippen LogP contribution >= 0.6 is 0 Å². The topological polar surface area (TPSA) is 108 Å². The number of likely N-dealkylation sites (tertiary alicyclic amines) is 1.